The van der Waals surface area contributed by atoms with Crippen molar-refractivity contribution in [2.75, 3.05) is 0 Å². The normalized spacial score (nSPS) is 28.3. The summed E-state index contributed by atoms with van der Waals surface area (Å²) < 4.78 is 67.3. The molecular weight excluding hydrogens is 165 g/mol. The third-order valence-corrected chi connectivity index (χ3v) is 1.47. The number of rotatable bonds is 3. The SMILES string of the molecule is [2H]C([2H])([2H])C([2H])([2H])C([2H])(c1ccc(B(O)O)cn1)C([2H])([2H])[2H]. The van der Waals surface area contributed by atoms with Gasteiger partial charge in [0.05, 0.1) is 0 Å². The van der Waals surface area contributed by atoms with Crippen LogP contribution in [-0.4, -0.2) is 22.2 Å². The first-order valence-electron chi connectivity index (χ1n) is 7.99. The summed E-state index contributed by atoms with van der Waals surface area (Å²) in [5.41, 5.74) is -0.746. The summed E-state index contributed by atoms with van der Waals surface area (Å²) in [4.78, 5) is 3.56. The van der Waals surface area contributed by atoms with Crippen LogP contribution >= 0.6 is 0 Å². The lowest BCUT2D eigenvalue weighted by molar-refractivity contribution is 0.425. The van der Waals surface area contributed by atoms with Gasteiger partial charge in [0.25, 0.3) is 0 Å². The maximum atomic E-state index is 8.96. The highest BCUT2D eigenvalue weighted by Crippen LogP contribution is 2.14. The van der Waals surface area contributed by atoms with Crippen molar-refractivity contribution < 1.29 is 22.4 Å². The lowest BCUT2D eigenvalue weighted by Gasteiger charge is -2.07. The van der Waals surface area contributed by atoms with Crippen molar-refractivity contribution in [2.45, 2.75) is 26.0 Å². The molecule has 0 aromatic carbocycles. The molecule has 0 radical (unpaired) electrons. The fourth-order valence-electron chi connectivity index (χ4n) is 0.770. The van der Waals surface area contributed by atoms with Crippen LogP contribution in [0.1, 0.15) is 44.0 Å². The summed E-state index contributed by atoms with van der Waals surface area (Å²) in [5.74, 6) is -3.16. The van der Waals surface area contributed by atoms with E-state index >= 15 is 0 Å². The van der Waals surface area contributed by atoms with E-state index in [-0.39, 0.29) is 5.46 Å². The lowest BCUT2D eigenvalue weighted by atomic mass is 9.81. The molecule has 1 aromatic rings. The zero-order valence-corrected chi connectivity index (χ0v) is 6.65. The summed E-state index contributed by atoms with van der Waals surface area (Å²) in [6.45, 7) is -6.70. The van der Waals surface area contributed by atoms with Crippen LogP contribution in [0.3, 0.4) is 0 Å². The van der Waals surface area contributed by atoms with Gasteiger partial charge in [-0.2, -0.15) is 0 Å². The molecule has 0 aliphatic rings. The number of aromatic nitrogens is 1. The van der Waals surface area contributed by atoms with Crippen molar-refractivity contribution in [3.05, 3.63) is 24.0 Å². The van der Waals surface area contributed by atoms with Gasteiger partial charge in [0.15, 0.2) is 0 Å². The topological polar surface area (TPSA) is 53.4 Å². The van der Waals surface area contributed by atoms with Gasteiger partial charge in [-0.3, -0.25) is 4.98 Å². The predicted octanol–water partition coefficient (Wildman–Crippen LogP) is 0.275. The molecule has 0 fully saturated rings. The molecule has 1 unspecified atom stereocenters. The smallest absolute Gasteiger partial charge is 0.423 e. The van der Waals surface area contributed by atoms with E-state index in [1.54, 1.807) is 0 Å². The molecule has 1 aromatic heterocycles. The van der Waals surface area contributed by atoms with Gasteiger partial charge in [0.2, 0.25) is 0 Å². The average Bonchev–Trinajstić information content (AvgIpc) is 2.34. The van der Waals surface area contributed by atoms with Crippen molar-refractivity contribution in [1.29, 1.82) is 0 Å². The van der Waals surface area contributed by atoms with Crippen LogP contribution < -0.4 is 5.46 Å². The van der Waals surface area contributed by atoms with Gasteiger partial charge in [0.1, 0.15) is 0 Å². The number of nitrogens with zero attached hydrogens (tertiary/aromatic N) is 1. The number of hydrogen-bond acceptors (Lipinski definition) is 3. The Labute approximate surface area is 91.2 Å². The van der Waals surface area contributed by atoms with E-state index in [0.29, 0.717) is 0 Å². The third kappa shape index (κ3) is 2.54. The van der Waals surface area contributed by atoms with Crippen molar-refractivity contribution >= 4 is 12.6 Å². The first kappa shape index (κ1) is 3.37. The Bertz CT molecular complexity index is 527. The van der Waals surface area contributed by atoms with E-state index in [2.05, 4.69) is 4.98 Å². The maximum absolute atomic E-state index is 8.96. The van der Waals surface area contributed by atoms with Gasteiger partial charge < -0.3 is 10.0 Å². The molecule has 70 valence electrons. The molecular formula is C9H14BNO2. The fraction of sp³-hybridized carbons (Fsp3) is 0.444. The van der Waals surface area contributed by atoms with E-state index in [9.17, 15) is 0 Å². The van der Waals surface area contributed by atoms with Gasteiger partial charge in [-0.25, -0.2) is 0 Å². The van der Waals surface area contributed by atoms with Crippen LogP contribution in [0.2, 0.25) is 0 Å². The van der Waals surface area contributed by atoms with Gasteiger partial charge >= 0.3 is 7.12 Å². The van der Waals surface area contributed by atoms with Gasteiger partial charge in [-0.15, -0.1) is 0 Å². The summed E-state index contributed by atoms with van der Waals surface area (Å²) in [6.07, 6.45) is -2.57. The van der Waals surface area contributed by atoms with E-state index in [0.717, 1.165) is 18.3 Å². The Hall–Kier alpha value is -0.865. The number of pyridine rings is 1. The van der Waals surface area contributed by atoms with Crippen molar-refractivity contribution in [3.8, 4) is 0 Å². The first-order valence-corrected chi connectivity index (χ1v) is 3.49. The van der Waals surface area contributed by atoms with E-state index < -0.39 is 38.8 Å². The second kappa shape index (κ2) is 4.39. The average molecular weight is 188 g/mol. The van der Waals surface area contributed by atoms with E-state index in [1.165, 1.54) is 0 Å². The van der Waals surface area contributed by atoms with Crippen LogP contribution in [0.25, 0.3) is 0 Å². The third-order valence-electron chi connectivity index (χ3n) is 1.47. The number of hydrogen-bond donors (Lipinski definition) is 2. The molecule has 0 aliphatic heterocycles. The predicted molar refractivity (Wildman–Crippen MR) is 52.8 cm³/mol. The van der Waals surface area contributed by atoms with Crippen molar-refractivity contribution in [2.24, 2.45) is 0 Å². The Morgan fingerprint density at radius 2 is 2.62 bits per heavy atom. The molecule has 0 saturated heterocycles. The fourth-order valence-corrected chi connectivity index (χ4v) is 0.770. The minimum atomic E-state index is -3.42. The van der Waals surface area contributed by atoms with E-state index in [4.69, 9.17) is 22.4 Å². The second-order valence-electron chi connectivity index (χ2n) is 2.35. The summed E-state index contributed by atoms with van der Waals surface area (Å²) >= 11 is 0. The Morgan fingerprint density at radius 1 is 1.77 bits per heavy atom. The molecule has 1 atom stereocenters. The van der Waals surface area contributed by atoms with Crippen LogP contribution in [0.15, 0.2) is 18.3 Å². The zero-order chi connectivity index (χ0) is 17.6. The lowest BCUT2D eigenvalue weighted by Crippen LogP contribution is -2.30. The van der Waals surface area contributed by atoms with E-state index in [1.807, 2.05) is 0 Å². The minimum absolute atomic E-state index is 0.105. The van der Waals surface area contributed by atoms with Crippen LogP contribution in [0, 0.1) is 0 Å². The molecule has 4 heteroatoms. The second-order valence-corrected chi connectivity index (χ2v) is 2.35. The Kier molecular flexibility index (Phi) is 1.14. The van der Waals surface area contributed by atoms with Gasteiger partial charge in [0, 0.05) is 29.7 Å². The standard InChI is InChI=1S/C9H14BNO2/c1-3-7(2)9-5-4-8(6-11-9)10(12)13/h4-7,12-13H,3H2,1-2H3/i1D3,2D3,3D2,7D. The highest BCUT2D eigenvalue weighted by Gasteiger charge is 2.11. The molecule has 13 heavy (non-hydrogen) atoms. The zero-order valence-electron chi connectivity index (χ0n) is 15.7. The monoisotopic (exact) mass is 188 g/mol. The summed E-state index contributed by atoms with van der Waals surface area (Å²) in [7, 11) is -1.88. The molecule has 1 heterocycles. The molecule has 0 aliphatic carbocycles. The quantitative estimate of drug-likeness (QED) is 0.669. The Morgan fingerprint density at radius 3 is 3.08 bits per heavy atom. The van der Waals surface area contributed by atoms with Gasteiger partial charge in [-0.05, 0) is 18.3 Å². The molecule has 0 bridgehead atoms. The largest absolute Gasteiger partial charge is 0.490 e. The van der Waals surface area contributed by atoms with Gasteiger partial charge in [-0.1, -0.05) is 19.8 Å². The summed E-state index contributed by atoms with van der Waals surface area (Å²) in [5, 5.41) is 17.9. The first-order chi connectivity index (χ1) is 9.66. The molecule has 0 amide bonds. The van der Waals surface area contributed by atoms with Crippen LogP contribution in [0.5, 0.6) is 0 Å². The molecule has 0 spiro atoms. The highest BCUT2D eigenvalue weighted by molar-refractivity contribution is 6.58. The maximum Gasteiger partial charge on any atom is 0.490 e. The van der Waals surface area contributed by atoms with Crippen molar-refractivity contribution in [3.63, 3.8) is 0 Å². The molecule has 1 rings (SSSR count). The molecule has 3 nitrogen and oxygen atoms in total. The molecule has 2 N–H and O–H groups in total. The van der Waals surface area contributed by atoms with Crippen LogP contribution in [-0.2, 0) is 0 Å². The van der Waals surface area contributed by atoms with Crippen molar-refractivity contribution in [1.82, 2.24) is 4.98 Å². The molecule has 0 saturated carbocycles. The highest BCUT2D eigenvalue weighted by atomic mass is 16.4. The van der Waals surface area contributed by atoms with Crippen LogP contribution in [0.4, 0.5) is 0 Å². The Balaban J connectivity index is 3.55. The summed E-state index contributed by atoms with van der Waals surface area (Å²) in [6, 6.07) is 1.94. The minimum Gasteiger partial charge on any atom is -0.423 e.